The van der Waals surface area contributed by atoms with E-state index < -0.39 is 35.3 Å². The van der Waals surface area contributed by atoms with Crippen molar-refractivity contribution < 1.29 is 19.8 Å². The summed E-state index contributed by atoms with van der Waals surface area (Å²) < 4.78 is 1.66. The Hall–Kier alpha value is -3.13. The molecule has 7 nitrogen and oxygen atoms in total. The van der Waals surface area contributed by atoms with Crippen LogP contribution in [-0.4, -0.2) is 33.2 Å². The van der Waals surface area contributed by atoms with Crippen molar-refractivity contribution in [3.05, 3.63) is 52.3 Å². The molecule has 1 aromatic carbocycles. The normalized spacial score (nSPS) is 10.8. The minimum absolute atomic E-state index is 0.390. The van der Waals surface area contributed by atoms with E-state index in [9.17, 15) is 19.5 Å². The first-order valence-corrected chi connectivity index (χ1v) is 8.12. The lowest BCUT2D eigenvalue weighted by Crippen LogP contribution is -2.35. The quantitative estimate of drug-likeness (QED) is 0.659. The van der Waals surface area contributed by atoms with Crippen LogP contribution in [-0.2, 0) is 11.8 Å². The molecular weight excluding hydrogens is 344 g/mol. The van der Waals surface area contributed by atoms with Crippen molar-refractivity contribution in [2.45, 2.75) is 0 Å². The number of hydrogen-bond acceptors (Lipinski definition) is 5. The maximum Gasteiger partial charge on any atom is 0.322 e. The average molecular weight is 358 g/mol. The second-order valence-electron chi connectivity index (χ2n) is 5.36. The monoisotopic (exact) mass is 358 g/mol. The highest BCUT2D eigenvalue weighted by molar-refractivity contribution is 7.22. The molecule has 2 aromatic heterocycles. The smallest absolute Gasteiger partial charge is 0.322 e. The van der Waals surface area contributed by atoms with Gasteiger partial charge in [-0.15, -0.1) is 11.3 Å². The predicted molar refractivity (Wildman–Crippen MR) is 94.1 cm³/mol. The van der Waals surface area contributed by atoms with E-state index in [1.165, 1.54) is 23.0 Å². The number of benzene rings is 1. The van der Waals surface area contributed by atoms with Crippen LogP contribution in [0, 0.1) is 0 Å². The van der Waals surface area contributed by atoms with Crippen LogP contribution in [0.1, 0.15) is 10.4 Å². The Balaban J connectivity index is 2.16. The van der Waals surface area contributed by atoms with Gasteiger partial charge in [-0.3, -0.25) is 14.4 Å². The molecule has 0 aliphatic heterocycles. The van der Waals surface area contributed by atoms with Gasteiger partial charge >= 0.3 is 5.97 Å². The van der Waals surface area contributed by atoms with E-state index in [0.29, 0.717) is 10.2 Å². The van der Waals surface area contributed by atoms with Crippen molar-refractivity contribution in [3.63, 3.8) is 0 Å². The lowest BCUT2D eigenvalue weighted by molar-refractivity contribution is -0.135. The number of aromatic nitrogens is 1. The maximum atomic E-state index is 12.4. The fourth-order valence-electron chi connectivity index (χ4n) is 2.49. The van der Waals surface area contributed by atoms with Gasteiger partial charge in [-0.05, 0) is 11.6 Å². The van der Waals surface area contributed by atoms with E-state index in [-0.39, 0.29) is 0 Å². The van der Waals surface area contributed by atoms with Crippen LogP contribution in [0.2, 0.25) is 0 Å². The number of aromatic hydroxyl groups is 1. The Kier molecular flexibility index (Phi) is 4.28. The minimum atomic E-state index is -1.24. The Morgan fingerprint density at radius 2 is 1.92 bits per heavy atom. The number of carboxylic acid groups (broad SMARTS) is 1. The third-order valence-electron chi connectivity index (χ3n) is 3.73. The third-order valence-corrected chi connectivity index (χ3v) is 4.91. The zero-order chi connectivity index (χ0) is 18.1. The van der Waals surface area contributed by atoms with E-state index in [1.807, 2.05) is 30.3 Å². The zero-order valence-corrected chi connectivity index (χ0v) is 14.0. The molecule has 1 amide bonds. The summed E-state index contributed by atoms with van der Waals surface area (Å²) >= 11 is 1.25. The molecule has 0 spiro atoms. The van der Waals surface area contributed by atoms with Gasteiger partial charge < -0.3 is 20.1 Å². The molecular formula is C17H14N2O5S. The number of nitrogens with one attached hydrogen (secondary N) is 1. The molecule has 0 bridgehead atoms. The van der Waals surface area contributed by atoms with Gasteiger partial charge in [0.25, 0.3) is 11.5 Å². The number of carbonyl (C=O) groups excluding carboxylic acids is 1. The number of aliphatic carboxylic acids is 1. The molecule has 3 N–H and O–H groups in total. The van der Waals surface area contributed by atoms with Crippen LogP contribution in [0.25, 0.3) is 20.7 Å². The first-order chi connectivity index (χ1) is 11.9. The lowest BCUT2D eigenvalue weighted by atomic mass is 10.1. The zero-order valence-electron chi connectivity index (χ0n) is 13.1. The van der Waals surface area contributed by atoms with Gasteiger partial charge in [0.2, 0.25) is 0 Å². The highest BCUT2D eigenvalue weighted by Gasteiger charge is 2.23. The lowest BCUT2D eigenvalue weighted by Gasteiger charge is -2.08. The Labute approximate surface area is 145 Å². The molecule has 0 aliphatic rings. The van der Waals surface area contributed by atoms with E-state index in [1.54, 1.807) is 6.07 Å². The van der Waals surface area contributed by atoms with Gasteiger partial charge in [0, 0.05) is 11.9 Å². The predicted octanol–water partition coefficient (Wildman–Crippen LogP) is 1.79. The fourth-order valence-corrected chi connectivity index (χ4v) is 3.63. The molecule has 3 aromatic rings. The van der Waals surface area contributed by atoms with Crippen LogP contribution in [0.5, 0.6) is 5.75 Å². The largest absolute Gasteiger partial charge is 0.505 e. The van der Waals surface area contributed by atoms with Gasteiger partial charge in [0.05, 0.1) is 10.2 Å². The third kappa shape index (κ3) is 2.99. The number of aryl methyl sites for hydroxylation is 1. The first kappa shape index (κ1) is 16.7. The standard InChI is InChI=1S/C17H14N2O5S/c1-19-10-7-11(9-5-3-2-4-6-9)25-15(10)14(22)13(17(19)24)16(23)18-8-12(20)21/h2-7,22H,8H2,1H3,(H,18,23)(H,20,21). The van der Waals surface area contributed by atoms with Crippen LogP contribution < -0.4 is 10.9 Å². The molecule has 0 saturated heterocycles. The summed E-state index contributed by atoms with van der Waals surface area (Å²) in [4.78, 5) is 36.0. The number of fused-ring (bicyclic) bond motifs is 1. The Morgan fingerprint density at radius 3 is 2.56 bits per heavy atom. The number of rotatable bonds is 4. The number of hydrogen-bond donors (Lipinski definition) is 3. The van der Waals surface area contributed by atoms with Crippen LogP contribution >= 0.6 is 11.3 Å². The summed E-state index contributed by atoms with van der Waals surface area (Å²) in [6.45, 7) is -0.640. The molecule has 0 atom stereocenters. The van der Waals surface area contributed by atoms with Crippen LogP contribution in [0.15, 0.2) is 41.2 Å². The molecule has 0 fully saturated rings. The highest BCUT2D eigenvalue weighted by Crippen LogP contribution is 2.38. The number of carbonyl (C=O) groups is 2. The summed E-state index contributed by atoms with van der Waals surface area (Å²) in [5, 5.41) is 21.2. The van der Waals surface area contributed by atoms with Crippen molar-refractivity contribution in [3.8, 4) is 16.2 Å². The second kappa shape index (κ2) is 6.40. The molecule has 25 heavy (non-hydrogen) atoms. The minimum Gasteiger partial charge on any atom is -0.505 e. The number of nitrogens with zero attached hydrogens (tertiary/aromatic N) is 1. The summed E-state index contributed by atoms with van der Waals surface area (Å²) in [7, 11) is 1.50. The van der Waals surface area contributed by atoms with Gasteiger partial charge in [-0.1, -0.05) is 30.3 Å². The van der Waals surface area contributed by atoms with Gasteiger partial charge in [0.1, 0.15) is 12.1 Å². The Bertz CT molecular complexity index is 1040. The van der Waals surface area contributed by atoms with Crippen molar-refractivity contribution >= 4 is 33.4 Å². The van der Waals surface area contributed by atoms with Crippen molar-refractivity contribution in [2.75, 3.05) is 6.54 Å². The fraction of sp³-hybridized carbons (Fsp3) is 0.118. The van der Waals surface area contributed by atoms with Gasteiger partial charge in [0.15, 0.2) is 5.75 Å². The highest BCUT2D eigenvalue weighted by atomic mass is 32.1. The number of pyridine rings is 1. The van der Waals surface area contributed by atoms with E-state index in [0.717, 1.165) is 10.4 Å². The van der Waals surface area contributed by atoms with E-state index in [2.05, 4.69) is 5.32 Å². The molecule has 128 valence electrons. The molecule has 0 saturated carbocycles. The number of amides is 1. The summed E-state index contributed by atoms with van der Waals surface area (Å²) in [6, 6.07) is 11.2. The topological polar surface area (TPSA) is 109 Å². The maximum absolute atomic E-state index is 12.4. The molecule has 0 aliphatic carbocycles. The SMILES string of the molecule is Cn1c(=O)c(C(=O)NCC(=O)O)c(O)c2sc(-c3ccccc3)cc21. The number of thiophene rings is 1. The van der Waals surface area contributed by atoms with Crippen molar-refractivity contribution in [1.82, 2.24) is 9.88 Å². The molecule has 3 rings (SSSR count). The summed E-state index contributed by atoms with van der Waals surface area (Å²) in [6.07, 6.45) is 0. The summed E-state index contributed by atoms with van der Waals surface area (Å²) in [5.41, 5.74) is 0.275. The van der Waals surface area contributed by atoms with Gasteiger partial charge in [-0.25, -0.2) is 0 Å². The van der Waals surface area contributed by atoms with Crippen molar-refractivity contribution in [2.24, 2.45) is 7.05 Å². The molecule has 8 heteroatoms. The average Bonchev–Trinajstić information content (AvgIpc) is 3.05. The second-order valence-corrected chi connectivity index (χ2v) is 6.41. The van der Waals surface area contributed by atoms with E-state index in [4.69, 9.17) is 5.11 Å². The molecule has 0 unspecified atom stereocenters. The molecule has 0 radical (unpaired) electrons. The van der Waals surface area contributed by atoms with Crippen LogP contribution in [0.3, 0.4) is 0 Å². The first-order valence-electron chi connectivity index (χ1n) is 7.31. The molecule has 2 heterocycles. The number of carboxylic acids is 1. The Morgan fingerprint density at radius 1 is 1.24 bits per heavy atom. The van der Waals surface area contributed by atoms with Gasteiger partial charge in [-0.2, -0.15) is 0 Å². The van der Waals surface area contributed by atoms with Crippen molar-refractivity contribution in [1.29, 1.82) is 0 Å². The summed E-state index contributed by atoms with van der Waals surface area (Å²) in [5.74, 6) is -2.60. The van der Waals surface area contributed by atoms with Crippen LogP contribution in [0.4, 0.5) is 0 Å². The van der Waals surface area contributed by atoms with E-state index >= 15 is 0 Å².